The molecule has 136 valence electrons. The predicted octanol–water partition coefficient (Wildman–Crippen LogP) is 3.14. The van der Waals surface area contributed by atoms with Crippen LogP contribution in [0.25, 0.3) is 0 Å². The Labute approximate surface area is 155 Å². The summed E-state index contributed by atoms with van der Waals surface area (Å²) >= 11 is 7.57. The highest BCUT2D eigenvalue weighted by atomic mass is 35.5. The Balaban J connectivity index is 1.76. The maximum absolute atomic E-state index is 13.3. The SMILES string of the molecule is O=S(=O)(NCC(c1ccco1)N1CCSCC1)c1ccc(F)c(Cl)c1. The van der Waals surface area contributed by atoms with Crippen LogP contribution in [0.4, 0.5) is 4.39 Å². The Hall–Kier alpha value is -1.06. The largest absolute Gasteiger partial charge is 0.468 e. The van der Waals surface area contributed by atoms with E-state index >= 15 is 0 Å². The van der Waals surface area contributed by atoms with Gasteiger partial charge in [-0.05, 0) is 30.3 Å². The van der Waals surface area contributed by atoms with E-state index in [-0.39, 0.29) is 22.5 Å². The molecule has 0 radical (unpaired) electrons. The summed E-state index contributed by atoms with van der Waals surface area (Å²) in [6, 6.07) is 6.79. The molecular weight excluding hydrogens is 387 g/mol. The Bertz CT molecular complexity index is 809. The molecule has 1 aliphatic heterocycles. The molecular formula is C16H18ClFN2O3S2. The van der Waals surface area contributed by atoms with Crippen molar-refractivity contribution in [3.05, 3.63) is 53.2 Å². The van der Waals surface area contributed by atoms with Gasteiger partial charge in [0.1, 0.15) is 11.6 Å². The van der Waals surface area contributed by atoms with Crippen molar-refractivity contribution < 1.29 is 17.2 Å². The minimum atomic E-state index is -3.80. The predicted molar refractivity (Wildman–Crippen MR) is 96.9 cm³/mol. The molecule has 2 heterocycles. The number of furan rings is 1. The molecule has 3 rings (SSSR count). The van der Waals surface area contributed by atoms with Gasteiger partial charge < -0.3 is 4.42 Å². The smallest absolute Gasteiger partial charge is 0.240 e. The van der Waals surface area contributed by atoms with Crippen LogP contribution in [0.2, 0.25) is 5.02 Å². The highest BCUT2D eigenvalue weighted by Gasteiger charge is 2.27. The quantitative estimate of drug-likeness (QED) is 0.801. The summed E-state index contributed by atoms with van der Waals surface area (Å²) in [5, 5.41) is -0.224. The van der Waals surface area contributed by atoms with E-state index in [0.717, 1.165) is 36.7 Å². The van der Waals surface area contributed by atoms with Crippen molar-refractivity contribution in [1.29, 1.82) is 0 Å². The lowest BCUT2D eigenvalue weighted by Gasteiger charge is -2.33. The molecule has 0 aliphatic carbocycles. The van der Waals surface area contributed by atoms with Crippen molar-refractivity contribution in [3.63, 3.8) is 0 Å². The fourth-order valence-electron chi connectivity index (χ4n) is 2.70. The van der Waals surface area contributed by atoms with Crippen molar-refractivity contribution in [2.75, 3.05) is 31.1 Å². The average Bonchev–Trinajstić information content (AvgIpc) is 3.12. The topological polar surface area (TPSA) is 62.6 Å². The molecule has 2 aromatic rings. The molecule has 1 aromatic heterocycles. The monoisotopic (exact) mass is 404 g/mol. The first-order chi connectivity index (χ1) is 12.0. The maximum Gasteiger partial charge on any atom is 0.240 e. The lowest BCUT2D eigenvalue weighted by atomic mass is 10.2. The van der Waals surface area contributed by atoms with Crippen LogP contribution < -0.4 is 4.72 Å². The third-order valence-electron chi connectivity index (χ3n) is 4.03. The summed E-state index contributed by atoms with van der Waals surface area (Å²) < 4.78 is 46.4. The summed E-state index contributed by atoms with van der Waals surface area (Å²) in [4.78, 5) is 2.14. The normalized spacial score (nSPS) is 17.5. The van der Waals surface area contributed by atoms with E-state index in [2.05, 4.69) is 9.62 Å². The zero-order chi connectivity index (χ0) is 17.9. The Kier molecular flexibility index (Phi) is 6.06. The molecule has 1 aromatic carbocycles. The van der Waals surface area contributed by atoms with Gasteiger partial charge in [-0.2, -0.15) is 11.8 Å². The second kappa shape index (κ2) is 8.09. The molecule has 0 bridgehead atoms. The van der Waals surface area contributed by atoms with Crippen LogP contribution in [-0.2, 0) is 10.0 Å². The Morgan fingerprint density at radius 1 is 1.32 bits per heavy atom. The summed E-state index contributed by atoms with van der Waals surface area (Å²) in [5.74, 6) is 2.06. The van der Waals surface area contributed by atoms with Crippen LogP contribution in [0.3, 0.4) is 0 Å². The highest BCUT2D eigenvalue weighted by Crippen LogP contribution is 2.25. The van der Waals surface area contributed by atoms with Gasteiger partial charge in [0.05, 0.1) is 22.2 Å². The van der Waals surface area contributed by atoms with Gasteiger partial charge in [0.25, 0.3) is 0 Å². The van der Waals surface area contributed by atoms with E-state index in [1.807, 2.05) is 17.8 Å². The fourth-order valence-corrected chi connectivity index (χ4v) is 4.94. The standard InChI is InChI=1S/C16H18ClFN2O3S2/c17-13-10-12(3-4-14(13)18)25(21,22)19-11-15(16-2-1-7-23-16)20-5-8-24-9-6-20/h1-4,7,10,15,19H,5-6,8-9,11H2. The summed E-state index contributed by atoms with van der Waals surface area (Å²) in [7, 11) is -3.80. The van der Waals surface area contributed by atoms with Gasteiger partial charge in [-0.1, -0.05) is 11.6 Å². The van der Waals surface area contributed by atoms with Gasteiger partial charge in [-0.15, -0.1) is 0 Å². The Morgan fingerprint density at radius 2 is 2.08 bits per heavy atom. The van der Waals surface area contributed by atoms with Gasteiger partial charge >= 0.3 is 0 Å². The lowest BCUT2D eigenvalue weighted by Crippen LogP contribution is -2.41. The third-order valence-corrected chi connectivity index (χ3v) is 6.68. The summed E-state index contributed by atoms with van der Waals surface area (Å²) in [5.41, 5.74) is 0. The molecule has 1 N–H and O–H groups in total. The minimum Gasteiger partial charge on any atom is -0.468 e. The van der Waals surface area contributed by atoms with Crippen LogP contribution in [0.5, 0.6) is 0 Å². The first-order valence-corrected chi connectivity index (χ1v) is 10.8. The van der Waals surface area contributed by atoms with Crippen molar-refractivity contribution in [1.82, 2.24) is 9.62 Å². The average molecular weight is 405 g/mol. The first-order valence-electron chi connectivity index (χ1n) is 7.77. The van der Waals surface area contributed by atoms with E-state index < -0.39 is 15.8 Å². The molecule has 1 atom stereocenters. The zero-order valence-electron chi connectivity index (χ0n) is 13.3. The van der Waals surface area contributed by atoms with Crippen LogP contribution in [-0.4, -0.2) is 44.5 Å². The number of nitrogens with zero attached hydrogens (tertiary/aromatic N) is 1. The van der Waals surface area contributed by atoms with E-state index in [1.165, 1.54) is 6.07 Å². The second-order valence-corrected chi connectivity index (χ2v) is 9.01. The van der Waals surface area contributed by atoms with Gasteiger partial charge in [-0.25, -0.2) is 17.5 Å². The molecule has 1 saturated heterocycles. The number of sulfonamides is 1. The number of hydrogen-bond acceptors (Lipinski definition) is 5. The molecule has 0 saturated carbocycles. The van der Waals surface area contributed by atoms with Crippen molar-refractivity contribution in [3.8, 4) is 0 Å². The number of nitrogens with one attached hydrogen (secondary N) is 1. The van der Waals surface area contributed by atoms with E-state index in [0.29, 0.717) is 5.76 Å². The fraction of sp³-hybridized carbons (Fsp3) is 0.375. The number of halogens is 2. The minimum absolute atomic E-state index is 0.0636. The molecule has 0 amide bonds. The van der Waals surface area contributed by atoms with Gasteiger partial charge in [0.2, 0.25) is 10.0 Å². The van der Waals surface area contributed by atoms with E-state index in [1.54, 1.807) is 12.3 Å². The molecule has 5 nitrogen and oxygen atoms in total. The first kappa shape index (κ1) is 18.7. The number of thioether (sulfide) groups is 1. The van der Waals surface area contributed by atoms with Gasteiger partial charge in [0, 0.05) is 31.1 Å². The molecule has 1 unspecified atom stereocenters. The number of benzene rings is 1. The van der Waals surface area contributed by atoms with Crippen molar-refractivity contribution in [2.45, 2.75) is 10.9 Å². The number of hydrogen-bond donors (Lipinski definition) is 1. The van der Waals surface area contributed by atoms with Crippen molar-refractivity contribution in [2.24, 2.45) is 0 Å². The summed E-state index contributed by atoms with van der Waals surface area (Å²) in [6.45, 7) is 1.88. The maximum atomic E-state index is 13.3. The highest BCUT2D eigenvalue weighted by molar-refractivity contribution is 7.99. The zero-order valence-corrected chi connectivity index (χ0v) is 15.7. The van der Waals surface area contributed by atoms with E-state index in [4.69, 9.17) is 16.0 Å². The van der Waals surface area contributed by atoms with Crippen LogP contribution in [0.1, 0.15) is 11.8 Å². The molecule has 0 spiro atoms. The Morgan fingerprint density at radius 3 is 2.72 bits per heavy atom. The van der Waals surface area contributed by atoms with Crippen molar-refractivity contribution >= 4 is 33.4 Å². The van der Waals surface area contributed by atoms with E-state index in [9.17, 15) is 12.8 Å². The second-order valence-electron chi connectivity index (χ2n) is 5.61. The number of rotatable bonds is 6. The van der Waals surface area contributed by atoms with Crippen LogP contribution in [0, 0.1) is 5.82 Å². The van der Waals surface area contributed by atoms with Crippen LogP contribution >= 0.6 is 23.4 Å². The van der Waals surface area contributed by atoms with Crippen LogP contribution in [0.15, 0.2) is 45.9 Å². The molecule has 25 heavy (non-hydrogen) atoms. The summed E-state index contributed by atoms with van der Waals surface area (Å²) in [6.07, 6.45) is 1.58. The lowest BCUT2D eigenvalue weighted by molar-refractivity contribution is 0.193. The molecule has 1 aliphatic rings. The molecule has 1 fully saturated rings. The van der Waals surface area contributed by atoms with Gasteiger partial charge in [0.15, 0.2) is 0 Å². The third kappa shape index (κ3) is 4.57. The molecule has 9 heteroatoms. The van der Waals surface area contributed by atoms with Gasteiger partial charge in [-0.3, -0.25) is 4.90 Å².